The maximum Gasteiger partial charge on any atom is 0.295 e. The first-order chi connectivity index (χ1) is 23.2. The van der Waals surface area contributed by atoms with Gasteiger partial charge in [-0.25, -0.2) is 0 Å². The van der Waals surface area contributed by atoms with Crippen molar-refractivity contribution in [3.05, 3.63) is 72.3 Å². The smallest absolute Gasteiger partial charge is 0.295 e. The summed E-state index contributed by atoms with van der Waals surface area (Å²) in [5.41, 5.74) is 0.386. The Hall–Kier alpha value is -3.95. The molecule has 0 bridgehead atoms. The molecule has 0 spiro atoms. The first-order valence-corrected chi connectivity index (χ1v) is 19.0. The highest BCUT2D eigenvalue weighted by Crippen LogP contribution is 2.36. The molecule has 0 fully saturated rings. The van der Waals surface area contributed by atoms with Crippen LogP contribution in [0.2, 0.25) is 0 Å². The van der Waals surface area contributed by atoms with Gasteiger partial charge >= 0.3 is 0 Å². The summed E-state index contributed by atoms with van der Waals surface area (Å²) < 4.78 is 34.2. The lowest BCUT2D eigenvalue weighted by Crippen LogP contribution is -2.17. The molecule has 0 saturated heterocycles. The number of aromatic hydroxyl groups is 1. The number of anilines is 2. The number of unbranched alkanes of at least 4 members (excludes halogenated alkanes) is 14. The Morgan fingerprint density at radius 1 is 0.646 bits per heavy atom. The fourth-order valence-corrected chi connectivity index (χ4v) is 6.99. The Balaban J connectivity index is 1.31. The standard InChI is InChI=1S/C39H50N2O6S/c1-2-3-4-5-6-7-8-9-10-11-12-13-14-15-16-25-36(42)41-37-30-22-18-17-21-29(30)26-27-34(37)40-39(44)33-28-35(48(45,46)47)31-23-19-20-24-32(31)38(33)43/h17-24,26-28,43H,2-16,25H2,1H3,(H,40,44)(H,41,42)(H,45,46,47). The van der Waals surface area contributed by atoms with Crippen LogP contribution in [0, 0.1) is 0 Å². The van der Waals surface area contributed by atoms with Crippen LogP contribution in [0.1, 0.15) is 120 Å². The molecule has 0 heterocycles. The first-order valence-electron chi connectivity index (χ1n) is 17.6. The fraction of sp³-hybridized carbons (Fsp3) is 0.436. The Labute approximate surface area is 285 Å². The predicted octanol–water partition coefficient (Wildman–Crippen LogP) is 10.4. The molecule has 258 valence electrons. The molecule has 0 atom stereocenters. The highest BCUT2D eigenvalue weighted by molar-refractivity contribution is 7.86. The normalized spacial score (nSPS) is 11.6. The minimum Gasteiger partial charge on any atom is -0.506 e. The molecule has 0 aliphatic rings. The van der Waals surface area contributed by atoms with Crippen LogP contribution in [-0.4, -0.2) is 29.9 Å². The summed E-state index contributed by atoms with van der Waals surface area (Å²) in [5.74, 6) is -1.38. The van der Waals surface area contributed by atoms with Gasteiger partial charge in [-0.05, 0) is 23.9 Å². The Morgan fingerprint density at radius 2 is 1.17 bits per heavy atom. The highest BCUT2D eigenvalue weighted by Gasteiger charge is 2.24. The fourth-order valence-electron chi connectivity index (χ4n) is 6.27. The van der Waals surface area contributed by atoms with Crippen LogP contribution < -0.4 is 10.6 Å². The third-order valence-corrected chi connectivity index (χ3v) is 9.84. The minimum absolute atomic E-state index is 0.0894. The number of carbonyl (C=O) groups is 2. The second-order valence-electron chi connectivity index (χ2n) is 12.7. The van der Waals surface area contributed by atoms with Crippen molar-refractivity contribution in [2.24, 2.45) is 0 Å². The molecule has 2 amide bonds. The number of amides is 2. The Kier molecular flexibility index (Phi) is 14.3. The van der Waals surface area contributed by atoms with Gasteiger partial charge in [0.15, 0.2) is 0 Å². The molecule has 4 aromatic rings. The monoisotopic (exact) mass is 674 g/mol. The third-order valence-electron chi connectivity index (χ3n) is 8.95. The van der Waals surface area contributed by atoms with E-state index in [9.17, 15) is 27.7 Å². The number of phenolic OH excluding ortho intramolecular Hbond substituents is 1. The summed E-state index contributed by atoms with van der Waals surface area (Å²) in [4.78, 5) is 26.1. The predicted molar refractivity (Wildman–Crippen MR) is 196 cm³/mol. The van der Waals surface area contributed by atoms with Gasteiger partial charge in [0.25, 0.3) is 16.0 Å². The average Bonchev–Trinajstić information content (AvgIpc) is 3.07. The van der Waals surface area contributed by atoms with Crippen LogP contribution in [-0.2, 0) is 14.9 Å². The summed E-state index contributed by atoms with van der Waals surface area (Å²) in [6, 6.07) is 18.0. The topological polar surface area (TPSA) is 133 Å². The van der Waals surface area contributed by atoms with Crippen LogP contribution in [0.3, 0.4) is 0 Å². The van der Waals surface area contributed by atoms with Crippen molar-refractivity contribution < 1.29 is 27.7 Å². The number of rotatable bonds is 20. The van der Waals surface area contributed by atoms with Crippen molar-refractivity contribution in [3.8, 4) is 5.75 Å². The quantitative estimate of drug-likeness (QED) is 0.0545. The van der Waals surface area contributed by atoms with Crippen molar-refractivity contribution in [2.45, 2.75) is 115 Å². The Morgan fingerprint density at radius 3 is 1.75 bits per heavy atom. The zero-order valence-electron chi connectivity index (χ0n) is 28.1. The van der Waals surface area contributed by atoms with Gasteiger partial charge in [0.2, 0.25) is 5.91 Å². The molecule has 8 nitrogen and oxygen atoms in total. The molecule has 4 rings (SSSR count). The number of hydrogen-bond donors (Lipinski definition) is 4. The average molecular weight is 675 g/mol. The van der Waals surface area contributed by atoms with E-state index in [0.29, 0.717) is 17.8 Å². The SMILES string of the molecule is CCCCCCCCCCCCCCCCCC(=O)Nc1c(NC(=O)c2cc(S(=O)(=O)O)c3ccccc3c2O)ccc2ccccc12. The molecule has 0 saturated carbocycles. The van der Waals surface area contributed by atoms with E-state index in [1.165, 1.54) is 89.2 Å². The summed E-state index contributed by atoms with van der Waals surface area (Å²) in [6.45, 7) is 2.25. The molecule has 0 unspecified atom stereocenters. The number of benzene rings is 4. The lowest BCUT2D eigenvalue weighted by atomic mass is 10.0. The second-order valence-corrected chi connectivity index (χ2v) is 14.1. The first kappa shape index (κ1) is 36.9. The van der Waals surface area contributed by atoms with E-state index in [-0.39, 0.29) is 22.2 Å². The minimum atomic E-state index is -4.70. The van der Waals surface area contributed by atoms with E-state index >= 15 is 0 Å². The van der Waals surface area contributed by atoms with Gasteiger partial charge in [0.05, 0.1) is 16.9 Å². The van der Waals surface area contributed by atoms with E-state index in [4.69, 9.17) is 0 Å². The zero-order chi connectivity index (χ0) is 34.4. The number of hydrogen-bond acceptors (Lipinski definition) is 5. The molecule has 4 N–H and O–H groups in total. The van der Waals surface area contributed by atoms with Crippen LogP contribution >= 0.6 is 0 Å². The summed E-state index contributed by atoms with van der Waals surface area (Å²) in [5, 5.41) is 18.4. The lowest BCUT2D eigenvalue weighted by Gasteiger charge is -2.17. The molecule has 0 radical (unpaired) electrons. The largest absolute Gasteiger partial charge is 0.506 e. The summed E-state index contributed by atoms with van der Waals surface area (Å²) >= 11 is 0. The summed E-state index contributed by atoms with van der Waals surface area (Å²) in [6.07, 6.45) is 19.0. The molecule has 9 heteroatoms. The van der Waals surface area contributed by atoms with Gasteiger partial charge in [-0.15, -0.1) is 0 Å². The molecule has 0 aromatic heterocycles. The van der Waals surface area contributed by atoms with Crippen LogP contribution in [0.4, 0.5) is 11.4 Å². The number of carbonyl (C=O) groups excluding carboxylic acids is 2. The molecule has 4 aromatic carbocycles. The van der Waals surface area contributed by atoms with Gasteiger partial charge < -0.3 is 15.7 Å². The maximum absolute atomic E-state index is 13.5. The van der Waals surface area contributed by atoms with Crippen LogP contribution in [0.25, 0.3) is 21.5 Å². The van der Waals surface area contributed by atoms with Crippen molar-refractivity contribution in [3.63, 3.8) is 0 Å². The Bertz CT molecular complexity index is 1790. The zero-order valence-corrected chi connectivity index (χ0v) is 28.9. The van der Waals surface area contributed by atoms with E-state index < -0.39 is 26.7 Å². The molecule has 48 heavy (non-hydrogen) atoms. The van der Waals surface area contributed by atoms with Crippen molar-refractivity contribution in [1.29, 1.82) is 0 Å². The van der Waals surface area contributed by atoms with Gasteiger partial charge in [-0.3, -0.25) is 14.1 Å². The highest BCUT2D eigenvalue weighted by atomic mass is 32.2. The van der Waals surface area contributed by atoms with Gasteiger partial charge in [0, 0.05) is 22.6 Å². The summed E-state index contributed by atoms with van der Waals surface area (Å²) in [7, 11) is -4.70. The van der Waals surface area contributed by atoms with Crippen molar-refractivity contribution >= 4 is 54.9 Å². The molecular weight excluding hydrogens is 625 g/mol. The van der Waals surface area contributed by atoms with Crippen molar-refractivity contribution in [1.82, 2.24) is 0 Å². The van der Waals surface area contributed by atoms with E-state index in [0.717, 1.165) is 36.1 Å². The van der Waals surface area contributed by atoms with Gasteiger partial charge in [-0.1, -0.05) is 151 Å². The van der Waals surface area contributed by atoms with Gasteiger partial charge in [0.1, 0.15) is 10.6 Å². The van der Waals surface area contributed by atoms with E-state index in [2.05, 4.69) is 17.6 Å². The molecule has 0 aliphatic carbocycles. The third kappa shape index (κ3) is 10.5. The van der Waals surface area contributed by atoms with Crippen LogP contribution in [0.5, 0.6) is 5.75 Å². The van der Waals surface area contributed by atoms with Gasteiger partial charge in [-0.2, -0.15) is 8.42 Å². The number of nitrogens with one attached hydrogen (secondary N) is 2. The van der Waals surface area contributed by atoms with Crippen molar-refractivity contribution in [2.75, 3.05) is 10.6 Å². The lowest BCUT2D eigenvalue weighted by molar-refractivity contribution is -0.116. The molecule has 0 aliphatic heterocycles. The van der Waals surface area contributed by atoms with E-state index in [1.807, 2.05) is 24.3 Å². The second kappa shape index (κ2) is 18.6. The number of phenols is 1. The molecular formula is C39H50N2O6S. The van der Waals surface area contributed by atoms with E-state index in [1.54, 1.807) is 24.3 Å². The number of fused-ring (bicyclic) bond motifs is 2. The van der Waals surface area contributed by atoms with Crippen LogP contribution in [0.15, 0.2) is 71.6 Å². The maximum atomic E-state index is 13.5.